The third-order valence-electron chi connectivity index (χ3n) is 4.93. The molecule has 0 bridgehead atoms. The number of nitrogens with one attached hydrogen (secondary N) is 1. The summed E-state index contributed by atoms with van der Waals surface area (Å²) in [4.78, 5) is 14.9. The van der Waals surface area contributed by atoms with Crippen LogP contribution in [0.2, 0.25) is 0 Å². The molecule has 0 spiro atoms. The van der Waals surface area contributed by atoms with Gasteiger partial charge in [0.15, 0.2) is 11.5 Å². The van der Waals surface area contributed by atoms with Gasteiger partial charge in [-0.3, -0.25) is 4.79 Å². The molecule has 0 saturated carbocycles. The van der Waals surface area contributed by atoms with Gasteiger partial charge in [0.05, 0.1) is 0 Å². The molecule has 0 aliphatic carbocycles. The molecular weight excluding hydrogens is 340 g/mol. The summed E-state index contributed by atoms with van der Waals surface area (Å²) in [6.07, 6.45) is -0.221. The number of carbonyl (C=O) groups excluding carboxylic acids is 1. The van der Waals surface area contributed by atoms with E-state index >= 15 is 0 Å². The van der Waals surface area contributed by atoms with Crippen LogP contribution in [-0.4, -0.2) is 17.6 Å². The van der Waals surface area contributed by atoms with E-state index < -0.39 is 0 Å². The lowest BCUT2D eigenvalue weighted by molar-refractivity contribution is 0.0728. The monoisotopic (exact) mass is 358 g/mol. The number of hydrogen-bond acceptors (Lipinski definition) is 4. The fourth-order valence-corrected chi connectivity index (χ4v) is 3.62. The Labute approximate surface area is 157 Å². The van der Waals surface area contributed by atoms with Crippen LogP contribution in [0, 0.1) is 0 Å². The van der Waals surface area contributed by atoms with Crippen LogP contribution in [0.3, 0.4) is 0 Å². The zero-order chi connectivity index (χ0) is 18.2. The first kappa shape index (κ1) is 15.8. The van der Waals surface area contributed by atoms with Crippen molar-refractivity contribution in [1.29, 1.82) is 0 Å². The Morgan fingerprint density at radius 3 is 2.59 bits per heavy atom. The molecule has 1 N–H and O–H groups in total. The van der Waals surface area contributed by atoms with E-state index in [1.54, 1.807) is 0 Å². The number of nitrogens with zero attached hydrogens (tertiary/aromatic N) is 1. The molecule has 0 unspecified atom stereocenters. The third-order valence-corrected chi connectivity index (χ3v) is 4.93. The summed E-state index contributed by atoms with van der Waals surface area (Å²) >= 11 is 0. The van der Waals surface area contributed by atoms with Gasteiger partial charge in [-0.2, -0.15) is 0 Å². The molecule has 0 fully saturated rings. The summed E-state index contributed by atoms with van der Waals surface area (Å²) in [5, 5.41) is 3.50. The van der Waals surface area contributed by atoms with Gasteiger partial charge in [0.2, 0.25) is 6.79 Å². The van der Waals surface area contributed by atoms with E-state index in [1.807, 2.05) is 77.7 Å². The van der Waals surface area contributed by atoms with Crippen LogP contribution in [0.15, 0.2) is 72.8 Å². The highest BCUT2D eigenvalue weighted by atomic mass is 16.7. The minimum Gasteiger partial charge on any atom is -0.454 e. The lowest BCUT2D eigenvalue weighted by Crippen LogP contribution is -2.31. The number of para-hydroxylation sites is 1. The van der Waals surface area contributed by atoms with Crippen LogP contribution in [0.1, 0.15) is 27.7 Å². The van der Waals surface area contributed by atoms with E-state index in [9.17, 15) is 4.79 Å². The van der Waals surface area contributed by atoms with Gasteiger partial charge in [0.25, 0.3) is 5.91 Å². The molecule has 2 heterocycles. The van der Waals surface area contributed by atoms with Crippen molar-refractivity contribution in [2.75, 3.05) is 12.1 Å². The highest BCUT2D eigenvalue weighted by molar-refractivity contribution is 5.99. The van der Waals surface area contributed by atoms with Crippen molar-refractivity contribution < 1.29 is 14.3 Å². The van der Waals surface area contributed by atoms with Gasteiger partial charge < -0.3 is 19.7 Å². The molecule has 27 heavy (non-hydrogen) atoms. The summed E-state index contributed by atoms with van der Waals surface area (Å²) in [6.45, 7) is 0.722. The van der Waals surface area contributed by atoms with E-state index in [2.05, 4.69) is 5.32 Å². The second-order valence-corrected chi connectivity index (χ2v) is 6.62. The number of ether oxygens (including phenoxy) is 2. The minimum absolute atomic E-state index is 0.0247. The van der Waals surface area contributed by atoms with Gasteiger partial charge in [0, 0.05) is 23.4 Å². The van der Waals surface area contributed by atoms with Crippen LogP contribution < -0.4 is 14.8 Å². The third kappa shape index (κ3) is 2.77. The first-order valence-corrected chi connectivity index (χ1v) is 8.89. The van der Waals surface area contributed by atoms with Gasteiger partial charge in [-0.05, 0) is 35.9 Å². The molecule has 5 heteroatoms. The van der Waals surface area contributed by atoms with Crippen LogP contribution in [-0.2, 0) is 6.54 Å². The summed E-state index contributed by atoms with van der Waals surface area (Å²) < 4.78 is 10.9. The quantitative estimate of drug-likeness (QED) is 0.760. The molecule has 3 aromatic rings. The van der Waals surface area contributed by atoms with Crippen LogP contribution in [0.25, 0.3) is 0 Å². The maximum Gasteiger partial charge on any atom is 0.256 e. The molecule has 2 aliphatic heterocycles. The number of fused-ring (bicyclic) bond motifs is 2. The van der Waals surface area contributed by atoms with E-state index in [1.165, 1.54) is 0 Å². The molecule has 1 amide bonds. The maximum absolute atomic E-state index is 13.1. The largest absolute Gasteiger partial charge is 0.454 e. The van der Waals surface area contributed by atoms with E-state index in [0.717, 1.165) is 33.9 Å². The summed E-state index contributed by atoms with van der Waals surface area (Å²) in [7, 11) is 0. The standard InChI is InChI=1S/C22H18N2O3/c25-22-18-9-5-4-8-17(18)21(23-16-6-2-1-3-7-16)24(22)13-15-10-11-19-20(12-15)27-14-26-19/h1-12,21,23H,13-14H2/t21-/m0/s1. The Balaban J connectivity index is 1.48. The second-order valence-electron chi connectivity index (χ2n) is 6.62. The summed E-state index contributed by atoms with van der Waals surface area (Å²) in [5.74, 6) is 1.50. The van der Waals surface area contributed by atoms with E-state index in [4.69, 9.17) is 9.47 Å². The Morgan fingerprint density at radius 1 is 0.926 bits per heavy atom. The molecule has 5 nitrogen and oxygen atoms in total. The molecule has 0 aromatic heterocycles. The van der Waals surface area contributed by atoms with Crippen molar-refractivity contribution >= 4 is 11.6 Å². The molecule has 3 aromatic carbocycles. The fraction of sp³-hybridized carbons (Fsp3) is 0.136. The van der Waals surface area contributed by atoms with Crippen molar-refractivity contribution in [2.24, 2.45) is 0 Å². The lowest BCUT2D eigenvalue weighted by Gasteiger charge is -2.27. The average molecular weight is 358 g/mol. The predicted molar refractivity (Wildman–Crippen MR) is 102 cm³/mol. The van der Waals surface area contributed by atoms with Crippen molar-refractivity contribution in [1.82, 2.24) is 4.90 Å². The van der Waals surface area contributed by atoms with Gasteiger partial charge in [-0.15, -0.1) is 0 Å². The molecule has 0 saturated heterocycles. The number of amides is 1. The molecule has 1 atom stereocenters. The molecular formula is C22H18N2O3. The number of rotatable bonds is 4. The molecule has 2 aliphatic rings. The second kappa shape index (κ2) is 6.36. The normalized spacial score (nSPS) is 17.1. The number of benzene rings is 3. The van der Waals surface area contributed by atoms with Gasteiger partial charge >= 0.3 is 0 Å². The SMILES string of the molecule is O=C1c2ccccc2[C@@H](Nc2ccccc2)N1Cc1ccc2c(c1)OCO2. The number of carbonyl (C=O) groups is 1. The predicted octanol–water partition coefficient (Wildman–Crippen LogP) is 4.18. The van der Waals surface area contributed by atoms with Crippen molar-refractivity contribution in [3.05, 3.63) is 89.5 Å². The number of hydrogen-bond donors (Lipinski definition) is 1. The van der Waals surface area contributed by atoms with E-state index in [0.29, 0.717) is 6.54 Å². The Kier molecular flexibility index (Phi) is 3.71. The minimum atomic E-state index is -0.221. The average Bonchev–Trinajstić information content (AvgIpc) is 3.27. The Morgan fingerprint density at radius 2 is 1.70 bits per heavy atom. The highest BCUT2D eigenvalue weighted by Crippen LogP contribution is 2.37. The highest BCUT2D eigenvalue weighted by Gasteiger charge is 2.36. The van der Waals surface area contributed by atoms with Gasteiger partial charge in [0.1, 0.15) is 6.17 Å². The fourth-order valence-electron chi connectivity index (χ4n) is 3.62. The molecule has 0 radical (unpaired) electrons. The summed E-state index contributed by atoms with van der Waals surface area (Å²) in [5.41, 5.74) is 3.71. The molecule has 5 rings (SSSR count). The van der Waals surface area contributed by atoms with Gasteiger partial charge in [-0.25, -0.2) is 0 Å². The van der Waals surface area contributed by atoms with Crippen molar-refractivity contribution in [3.8, 4) is 11.5 Å². The Bertz CT molecular complexity index is 1000. The smallest absolute Gasteiger partial charge is 0.256 e. The van der Waals surface area contributed by atoms with Crippen LogP contribution >= 0.6 is 0 Å². The first-order valence-electron chi connectivity index (χ1n) is 8.89. The zero-order valence-electron chi connectivity index (χ0n) is 14.6. The van der Waals surface area contributed by atoms with E-state index in [-0.39, 0.29) is 18.9 Å². The molecule has 134 valence electrons. The van der Waals surface area contributed by atoms with Crippen LogP contribution in [0.5, 0.6) is 11.5 Å². The zero-order valence-corrected chi connectivity index (χ0v) is 14.6. The maximum atomic E-state index is 13.1. The summed E-state index contributed by atoms with van der Waals surface area (Å²) in [6, 6.07) is 23.5. The van der Waals surface area contributed by atoms with Gasteiger partial charge in [-0.1, -0.05) is 42.5 Å². The topological polar surface area (TPSA) is 50.8 Å². The van der Waals surface area contributed by atoms with Crippen LogP contribution in [0.4, 0.5) is 5.69 Å². The Hall–Kier alpha value is -3.47. The van der Waals surface area contributed by atoms with Crippen molar-refractivity contribution in [2.45, 2.75) is 12.7 Å². The number of anilines is 1. The first-order chi connectivity index (χ1) is 13.3. The van der Waals surface area contributed by atoms with Crippen molar-refractivity contribution in [3.63, 3.8) is 0 Å². The lowest BCUT2D eigenvalue weighted by atomic mass is 10.1.